The zero-order valence-electron chi connectivity index (χ0n) is 12.7. The van der Waals surface area contributed by atoms with Crippen LogP contribution < -0.4 is 0 Å². The highest BCUT2D eigenvalue weighted by molar-refractivity contribution is 5.85. The molecule has 2 rings (SSSR count). The van der Waals surface area contributed by atoms with Gasteiger partial charge in [-0.1, -0.05) is 0 Å². The van der Waals surface area contributed by atoms with E-state index in [4.69, 9.17) is 0 Å². The van der Waals surface area contributed by atoms with E-state index >= 15 is 0 Å². The Morgan fingerprint density at radius 1 is 1.18 bits per heavy atom. The Hall–Kier alpha value is -0.860. The normalized spacial score (nSPS) is 30.4. The van der Waals surface area contributed by atoms with Gasteiger partial charge in [-0.3, -0.25) is 9.69 Å². The molecule has 2 atom stereocenters. The monoisotopic (exact) mass is 324 g/mol. The molecule has 0 saturated carbocycles. The van der Waals surface area contributed by atoms with Gasteiger partial charge in [0, 0.05) is 26.2 Å². The van der Waals surface area contributed by atoms with Crippen LogP contribution in [0.2, 0.25) is 0 Å². The van der Waals surface area contributed by atoms with Gasteiger partial charge in [0.05, 0.1) is 0 Å². The number of hydrogen-bond donors (Lipinski definition) is 2. The average Bonchev–Trinajstić information content (AvgIpc) is 2.89. The van der Waals surface area contributed by atoms with E-state index in [2.05, 4.69) is 0 Å². The number of nitrogens with zero attached hydrogens (tertiary/aromatic N) is 2. The maximum Gasteiger partial charge on any atom is 0.418 e. The third-order valence-electron chi connectivity index (χ3n) is 4.48. The Morgan fingerprint density at radius 3 is 2.32 bits per heavy atom. The molecule has 2 N–H and O–H groups in total. The maximum atomic E-state index is 12.8. The van der Waals surface area contributed by atoms with Crippen molar-refractivity contribution in [1.82, 2.24) is 9.80 Å². The molecule has 2 fully saturated rings. The van der Waals surface area contributed by atoms with Crippen LogP contribution in [0.15, 0.2) is 0 Å². The largest absolute Gasteiger partial charge is 0.418 e. The molecule has 0 aromatic heterocycles. The lowest BCUT2D eigenvalue weighted by Gasteiger charge is -2.42. The molecule has 0 aromatic carbocycles. The summed E-state index contributed by atoms with van der Waals surface area (Å²) in [5.74, 6) is -0.402. The molecule has 0 bridgehead atoms. The number of likely N-dealkylation sites (tertiary alicyclic amines) is 2. The van der Waals surface area contributed by atoms with Gasteiger partial charge in [-0.25, -0.2) is 0 Å². The van der Waals surface area contributed by atoms with Crippen LogP contribution in [0, 0.1) is 0 Å². The zero-order valence-corrected chi connectivity index (χ0v) is 12.7. The number of halogens is 3. The molecule has 0 aliphatic carbocycles. The van der Waals surface area contributed by atoms with Crippen molar-refractivity contribution in [2.45, 2.75) is 50.0 Å². The van der Waals surface area contributed by atoms with E-state index in [9.17, 15) is 28.2 Å². The molecule has 0 radical (unpaired) electrons. The van der Waals surface area contributed by atoms with Crippen molar-refractivity contribution in [1.29, 1.82) is 0 Å². The van der Waals surface area contributed by atoms with Crippen molar-refractivity contribution < 1.29 is 28.2 Å². The van der Waals surface area contributed by atoms with Crippen molar-refractivity contribution in [3.63, 3.8) is 0 Å². The van der Waals surface area contributed by atoms with Crippen molar-refractivity contribution in [3.8, 4) is 0 Å². The average molecular weight is 324 g/mol. The highest BCUT2D eigenvalue weighted by Gasteiger charge is 2.52. The van der Waals surface area contributed by atoms with Crippen LogP contribution in [-0.2, 0) is 4.79 Å². The van der Waals surface area contributed by atoms with Crippen LogP contribution in [-0.4, -0.2) is 76.0 Å². The summed E-state index contributed by atoms with van der Waals surface area (Å²) in [6, 6.07) is 0. The topological polar surface area (TPSA) is 64.0 Å². The van der Waals surface area contributed by atoms with E-state index in [0.717, 1.165) is 12.8 Å². The van der Waals surface area contributed by atoms with E-state index < -0.39 is 29.8 Å². The van der Waals surface area contributed by atoms with Gasteiger partial charge < -0.3 is 15.1 Å². The molecule has 22 heavy (non-hydrogen) atoms. The highest BCUT2D eigenvalue weighted by atomic mass is 19.4. The van der Waals surface area contributed by atoms with Gasteiger partial charge in [0.2, 0.25) is 0 Å². The molecule has 128 valence electrons. The van der Waals surface area contributed by atoms with Gasteiger partial charge in [-0.15, -0.1) is 0 Å². The number of alkyl halides is 3. The summed E-state index contributed by atoms with van der Waals surface area (Å²) < 4.78 is 38.3. The fraction of sp³-hybridized carbons (Fsp3) is 0.929. The van der Waals surface area contributed by atoms with Gasteiger partial charge in [0.25, 0.3) is 5.91 Å². The second-order valence-electron chi connectivity index (χ2n) is 6.62. The van der Waals surface area contributed by atoms with Crippen LogP contribution >= 0.6 is 0 Å². The minimum atomic E-state index is -4.75. The van der Waals surface area contributed by atoms with Crippen LogP contribution in [0.25, 0.3) is 0 Å². The zero-order chi connectivity index (χ0) is 16.6. The van der Waals surface area contributed by atoms with E-state index in [1.807, 2.05) is 0 Å². The van der Waals surface area contributed by atoms with Crippen LogP contribution in [0.3, 0.4) is 0 Å². The standard InChI is InChI=1S/C14H23F3N2O3/c1-12(21,14(15,16)17)9-18-6-4-5-13(22,10-18)11(20)19-7-2-3-8-19/h21-22H,2-10H2,1H3. The van der Waals surface area contributed by atoms with E-state index in [-0.39, 0.29) is 13.0 Å². The summed E-state index contributed by atoms with van der Waals surface area (Å²) in [5.41, 5.74) is -4.51. The Labute approximate surface area is 127 Å². The van der Waals surface area contributed by atoms with Crippen molar-refractivity contribution in [2.24, 2.45) is 0 Å². The number of β-amino-alcohol motifs (C(OH)–C–C–N with tert-alkyl or cyclic N) is 2. The first-order chi connectivity index (χ1) is 10.1. The smallest absolute Gasteiger partial charge is 0.380 e. The van der Waals surface area contributed by atoms with Crippen molar-refractivity contribution in [2.75, 3.05) is 32.7 Å². The number of hydrogen-bond acceptors (Lipinski definition) is 4. The molecule has 5 nitrogen and oxygen atoms in total. The van der Waals surface area contributed by atoms with Gasteiger partial charge in [-0.05, 0) is 39.2 Å². The maximum absolute atomic E-state index is 12.8. The Bertz CT molecular complexity index is 422. The van der Waals surface area contributed by atoms with Gasteiger partial charge in [0.15, 0.2) is 11.2 Å². The summed E-state index contributed by atoms with van der Waals surface area (Å²) in [6.07, 6.45) is -2.32. The number of piperidine rings is 1. The number of amides is 1. The second-order valence-corrected chi connectivity index (χ2v) is 6.62. The fourth-order valence-electron chi connectivity index (χ4n) is 3.17. The first-order valence-corrected chi connectivity index (χ1v) is 7.58. The molecule has 2 unspecified atom stereocenters. The van der Waals surface area contributed by atoms with Crippen molar-refractivity contribution in [3.05, 3.63) is 0 Å². The summed E-state index contributed by atoms with van der Waals surface area (Å²) in [6.45, 7) is 1.38. The third kappa shape index (κ3) is 3.55. The number of rotatable bonds is 3. The number of carbonyl (C=O) groups is 1. The Morgan fingerprint density at radius 2 is 1.77 bits per heavy atom. The minimum Gasteiger partial charge on any atom is -0.380 e. The highest BCUT2D eigenvalue weighted by Crippen LogP contribution is 2.33. The molecule has 2 saturated heterocycles. The summed E-state index contributed by atoms with van der Waals surface area (Å²) >= 11 is 0. The molecule has 0 aromatic rings. The molecule has 2 aliphatic rings. The van der Waals surface area contributed by atoms with Crippen LogP contribution in [0.4, 0.5) is 13.2 Å². The van der Waals surface area contributed by atoms with Gasteiger partial charge >= 0.3 is 6.18 Å². The van der Waals surface area contributed by atoms with Gasteiger partial charge in [-0.2, -0.15) is 13.2 Å². The molecule has 2 aliphatic heterocycles. The predicted molar refractivity (Wildman–Crippen MR) is 73.1 cm³/mol. The number of aliphatic hydroxyl groups is 2. The Kier molecular flexibility index (Phi) is 4.75. The summed E-state index contributed by atoms with van der Waals surface area (Å²) in [5, 5.41) is 20.2. The molecule has 1 amide bonds. The third-order valence-corrected chi connectivity index (χ3v) is 4.48. The molecule has 8 heteroatoms. The van der Waals surface area contributed by atoms with E-state index in [1.54, 1.807) is 4.90 Å². The minimum absolute atomic E-state index is 0.172. The first kappa shape index (κ1) is 17.5. The molecule has 0 spiro atoms. The molecular formula is C14H23F3N2O3. The lowest BCUT2D eigenvalue weighted by atomic mass is 9.90. The Balaban J connectivity index is 2.03. The predicted octanol–water partition coefficient (Wildman–Crippen LogP) is 0.749. The number of carbonyl (C=O) groups excluding carboxylic acids is 1. The summed E-state index contributed by atoms with van der Waals surface area (Å²) in [4.78, 5) is 15.3. The van der Waals surface area contributed by atoms with Gasteiger partial charge in [0.1, 0.15) is 0 Å². The lowest BCUT2D eigenvalue weighted by molar-refractivity contribution is -0.259. The van der Waals surface area contributed by atoms with Crippen molar-refractivity contribution >= 4 is 5.91 Å². The second kappa shape index (κ2) is 5.98. The molecule has 2 heterocycles. The molecular weight excluding hydrogens is 301 g/mol. The fourth-order valence-corrected chi connectivity index (χ4v) is 3.17. The summed E-state index contributed by atoms with van der Waals surface area (Å²) in [7, 11) is 0. The SMILES string of the molecule is CC(O)(CN1CCCC(O)(C(=O)N2CCCC2)C1)C(F)(F)F. The van der Waals surface area contributed by atoms with Crippen LogP contribution in [0.5, 0.6) is 0 Å². The lowest BCUT2D eigenvalue weighted by Crippen LogP contribution is -2.61. The van der Waals surface area contributed by atoms with E-state index in [0.29, 0.717) is 33.0 Å². The van der Waals surface area contributed by atoms with Crippen LogP contribution in [0.1, 0.15) is 32.6 Å². The first-order valence-electron chi connectivity index (χ1n) is 7.58. The quantitative estimate of drug-likeness (QED) is 0.804. The van der Waals surface area contributed by atoms with E-state index in [1.165, 1.54) is 4.90 Å².